The largest absolute Gasteiger partial charge is 0.497 e. The molecule has 0 N–H and O–H groups in total. The van der Waals surface area contributed by atoms with Crippen molar-refractivity contribution in [3.05, 3.63) is 41.4 Å². The second-order valence-electron chi connectivity index (χ2n) is 3.72. The summed E-state index contributed by atoms with van der Waals surface area (Å²) >= 11 is 0. The van der Waals surface area contributed by atoms with Crippen LogP contribution < -0.4 is 4.74 Å². The minimum absolute atomic E-state index is 0.0878. The number of carbonyl (C=O) groups excluding carboxylic acids is 1. The number of hydrogen-bond acceptors (Lipinski definition) is 3. The summed E-state index contributed by atoms with van der Waals surface area (Å²) in [6.45, 7) is -0.605. The Bertz CT molecular complexity index is 573. The highest BCUT2D eigenvalue weighted by Crippen LogP contribution is 2.34. The second kappa shape index (κ2) is 7.25. The second-order valence-corrected chi connectivity index (χ2v) is 3.72. The highest BCUT2D eigenvalue weighted by Gasteiger charge is 2.34. The van der Waals surface area contributed by atoms with E-state index >= 15 is 0 Å². The zero-order valence-corrected chi connectivity index (χ0v) is 10.9. The number of hydrogen-bond donors (Lipinski definition) is 0. The van der Waals surface area contributed by atoms with E-state index in [0.29, 0.717) is 12.0 Å². The van der Waals surface area contributed by atoms with Crippen LogP contribution in [0.25, 0.3) is 11.1 Å². The number of benzene rings is 1. The van der Waals surface area contributed by atoms with Crippen molar-refractivity contribution >= 4 is 17.8 Å². The van der Waals surface area contributed by atoms with Crippen molar-refractivity contribution in [3.8, 4) is 5.75 Å². The number of carbonyl (C=O) groups is 1. The van der Waals surface area contributed by atoms with Crippen molar-refractivity contribution in [3.63, 3.8) is 0 Å². The minimum Gasteiger partial charge on any atom is -0.497 e. The number of esters is 1. The highest BCUT2D eigenvalue weighted by atomic mass is 19.4. The van der Waals surface area contributed by atoms with Gasteiger partial charge in [0.1, 0.15) is 12.4 Å². The van der Waals surface area contributed by atoms with Crippen molar-refractivity contribution in [2.75, 3.05) is 13.7 Å². The van der Waals surface area contributed by atoms with Gasteiger partial charge in [0, 0.05) is 0 Å². The molecule has 112 valence electrons. The third-order valence-corrected chi connectivity index (χ3v) is 2.38. The zero-order valence-electron chi connectivity index (χ0n) is 10.9. The van der Waals surface area contributed by atoms with Crippen molar-refractivity contribution in [1.29, 1.82) is 0 Å². The lowest BCUT2D eigenvalue weighted by Gasteiger charge is -2.12. The van der Waals surface area contributed by atoms with Gasteiger partial charge in [0.25, 0.3) is 0 Å². The first-order valence-corrected chi connectivity index (χ1v) is 5.64. The molecular formula is C13H11F3N2O3. The van der Waals surface area contributed by atoms with Gasteiger partial charge >= 0.3 is 18.4 Å². The summed E-state index contributed by atoms with van der Waals surface area (Å²) in [6.07, 6.45) is -3.44. The molecule has 21 heavy (non-hydrogen) atoms. The lowest BCUT2D eigenvalue weighted by Crippen LogP contribution is -2.13. The third-order valence-electron chi connectivity index (χ3n) is 2.38. The lowest BCUT2D eigenvalue weighted by atomic mass is 10.1. The van der Waals surface area contributed by atoms with Gasteiger partial charge in [-0.1, -0.05) is 12.1 Å². The van der Waals surface area contributed by atoms with Crippen molar-refractivity contribution < 1.29 is 32.2 Å². The van der Waals surface area contributed by atoms with Crippen LogP contribution in [0.3, 0.4) is 0 Å². The molecule has 0 saturated carbocycles. The Balaban J connectivity index is 2.94. The summed E-state index contributed by atoms with van der Waals surface area (Å²) in [7, 11) is 1.40. The summed E-state index contributed by atoms with van der Waals surface area (Å²) < 4.78 is 48.2. The number of nitrogens with zero attached hydrogens (tertiary/aromatic N) is 2. The van der Waals surface area contributed by atoms with Crippen LogP contribution in [-0.4, -0.2) is 36.9 Å². The van der Waals surface area contributed by atoms with Gasteiger partial charge < -0.3 is 15.0 Å². The first-order chi connectivity index (χ1) is 9.88. The van der Waals surface area contributed by atoms with Gasteiger partial charge in [0.2, 0.25) is 0 Å². The SMILES string of the molecule is COc1ccc(/C(=C/COC(=O)C=[N+]=[N-])C(F)(F)F)cc1. The van der Waals surface area contributed by atoms with Crippen molar-refractivity contribution in [2.24, 2.45) is 0 Å². The number of ether oxygens (including phenoxy) is 2. The van der Waals surface area contributed by atoms with Gasteiger partial charge in [-0.3, -0.25) is 0 Å². The molecule has 0 heterocycles. The Labute approximate surface area is 118 Å². The molecule has 0 aliphatic carbocycles. The van der Waals surface area contributed by atoms with Crippen molar-refractivity contribution in [1.82, 2.24) is 0 Å². The van der Waals surface area contributed by atoms with Crippen LogP contribution in [0.2, 0.25) is 0 Å². The van der Waals surface area contributed by atoms with Crippen LogP contribution in [0, 0.1) is 0 Å². The molecule has 0 aromatic heterocycles. The molecular weight excluding hydrogens is 289 g/mol. The summed E-state index contributed by atoms with van der Waals surface area (Å²) in [5.74, 6) is -0.629. The number of halogens is 3. The van der Waals surface area contributed by atoms with Gasteiger partial charge in [0.05, 0.1) is 12.7 Å². The molecule has 0 spiro atoms. The summed E-state index contributed by atoms with van der Waals surface area (Å²) in [5.41, 5.74) is 7.03. The van der Waals surface area contributed by atoms with Gasteiger partial charge in [-0.15, -0.1) is 0 Å². The number of allylic oxidation sites excluding steroid dienone is 1. The normalized spacial score (nSPS) is 11.5. The fraction of sp³-hybridized carbons (Fsp3) is 0.231. The maximum Gasteiger partial charge on any atom is 0.416 e. The molecule has 8 heteroatoms. The Morgan fingerprint density at radius 2 is 1.95 bits per heavy atom. The number of rotatable bonds is 5. The number of methoxy groups -OCH3 is 1. The first-order valence-electron chi connectivity index (χ1n) is 5.64. The smallest absolute Gasteiger partial charge is 0.416 e. The van der Waals surface area contributed by atoms with Crippen LogP contribution >= 0.6 is 0 Å². The molecule has 0 fully saturated rings. The van der Waals surface area contributed by atoms with E-state index in [-0.39, 0.29) is 5.56 Å². The van der Waals surface area contributed by atoms with E-state index in [4.69, 9.17) is 10.3 Å². The molecule has 0 bridgehead atoms. The fourth-order valence-corrected chi connectivity index (χ4v) is 1.46. The van der Waals surface area contributed by atoms with E-state index in [9.17, 15) is 18.0 Å². The monoisotopic (exact) mass is 300 g/mol. The van der Waals surface area contributed by atoms with Gasteiger partial charge in [-0.2, -0.15) is 18.0 Å². The van der Waals surface area contributed by atoms with Crippen LogP contribution in [-0.2, 0) is 9.53 Å². The zero-order chi connectivity index (χ0) is 15.9. The average molecular weight is 300 g/mol. The standard InChI is InChI=1S/C13H11F3N2O3/c1-20-10-4-2-9(3-5-10)11(13(14,15)16)6-7-21-12(19)8-18-17/h2-6,8H,7H2,1H3/b11-6-. The van der Waals surface area contributed by atoms with Crippen LogP contribution in [0.1, 0.15) is 5.56 Å². The molecule has 1 rings (SSSR count). The van der Waals surface area contributed by atoms with Crippen molar-refractivity contribution in [2.45, 2.75) is 6.18 Å². The summed E-state index contributed by atoms with van der Waals surface area (Å²) in [4.78, 5) is 13.2. The molecule has 1 aromatic rings. The molecule has 0 amide bonds. The molecule has 5 nitrogen and oxygen atoms in total. The Hall–Kier alpha value is -2.60. The van der Waals surface area contributed by atoms with E-state index in [2.05, 4.69) is 9.53 Å². The van der Waals surface area contributed by atoms with Gasteiger partial charge in [-0.25, -0.2) is 4.79 Å². The molecule has 1 aromatic carbocycles. The maximum absolute atomic E-state index is 13.0. The topological polar surface area (TPSA) is 71.9 Å². The first kappa shape index (κ1) is 16.5. The molecule has 0 saturated heterocycles. The summed E-state index contributed by atoms with van der Waals surface area (Å²) in [6, 6.07) is 5.27. The molecule has 0 radical (unpaired) electrons. The predicted molar refractivity (Wildman–Crippen MR) is 67.7 cm³/mol. The molecule has 0 aliphatic heterocycles. The molecule has 0 aliphatic rings. The molecule has 0 unspecified atom stereocenters. The maximum atomic E-state index is 13.0. The minimum atomic E-state index is -4.61. The predicted octanol–water partition coefficient (Wildman–Crippen LogP) is 2.48. The highest BCUT2D eigenvalue weighted by molar-refractivity contribution is 6.20. The van der Waals surface area contributed by atoms with E-state index in [1.165, 1.54) is 31.4 Å². The Kier molecular flexibility index (Phi) is 5.68. The van der Waals surface area contributed by atoms with Crippen LogP contribution in [0.5, 0.6) is 5.75 Å². The van der Waals surface area contributed by atoms with Gasteiger partial charge in [0.15, 0.2) is 0 Å². The average Bonchev–Trinajstić information content (AvgIpc) is 2.43. The number of alkyl halides is 3. The van der Waals surface area contributed by atoms with Crippen LogP contribution in [0.15, 0.2) is 30.3 Å². The van der Waals surface area contributed by atoms with E-state index < -0.39 is 24.3 Å². The third kappa shape index (κ3) is 5.12. The van der Waals surface area contributed by atoms with Crippen LogP contribution in [0.4, 0.5) is 13.2 Å². The van der Waals surface area contributed by atoms with E-state index in [1.54, 1.807) is 0 Å². The van der Waals surface area contributed by atoms with Gasteiger partial charge in [-0.05, 0) is 23.8 Å². The Morgan fingerprint density at radius 3 is 2.43 bits per heavy atom. The molecule has 0 atom stereocenters. The van der Waals surface area contributed by atoms with E-state index in [1.807, 2.05) is 0 Å². The lowest BCUT2D eigenvalue weighted by molar-refractivity contribution is -0.137. The quantitative estimate of drug-likeness (QED) is 0.363. The fourth-order valence-electron chi connectivity index (χ4n) is 1.46. The van der Waals surface area contributed by atoms with E-state index in [0.717, 1.165) is 6.08 Å². The summed E-state index contributed by atoms with van der Waals surface area (Å²) in [5, 5.41) is 0. The Morgan fingerprint density at radius 1 is 1.33 bits per heavy atom.